The molecule has 0 saturated heterocycles. The zero-order valence-electron chi connectivity index (χ0n) is 12.0. The molecule has 0 aliphatic heterocycles. The average Bonchev–Trinajstić information content (AvgIpc) is 2.92. The van der Waals surface area contributed by atoms with Gasteiger partial charge in [0.1, 0.15) is 5.01 Å². The molecule has 1 unspecified atom stereocenters. The minimum absolute atomic E-state index is 0.105. The number of aromatic nitrogens is 2. The molecule has 0 bridgehead atoms. The minimum atomic E-state index is 0.105. The van der Waals surface area contributed by atoms with E-state index in [1.165, 1.54) is 22.2 Å². The molecule has 0 amide bonds. The maximum Gasteiger partial charge on any atom is 0.124 e. The zero-order chi connectivity index (χ0) is 14.4. The first kappa shape index (κ1) is 12.9. The summed E-state index contributed by atoms with van der Waals surface area (Å²) in [6.45, 7) is 2.04. The summed E-state index contributed by atoms with van der Waals surface area (Å²) in [4.78, 5) is 10.8. The zero-order valence-corrected chi connectivity index (χ0v) is 12.8. The number of para-hydroxylation sites is 1. The lowest BCUT2D eigenvalue weighted by Crippen LogP contribution is -2.16. The van der Waals surface area contributed by atoms with Crippen LogP contribution in [0.5, 0.6) is 0 Å². The van der Waals surface area contributed by atoms with Crippen LogP contribution in [0.4, 0.5) is 0 Å². The van der Waals surface area contributed by atoms with Crippen molar-refractivity contribution < 1.29 is 0 Å². The third-order valence-corrected chi connectivity index (χ3v) is 5.24. The summed E-state index contributed by atoms with van der Waals surface area (Å²) < 4.78 is 0. The second-order valence-corrected chi connectivity index (χ2v) is 6.74. The van der Waals surface area contributed by atoms with Crippen molar-refractivity contribution in [1.82, 2.24) is 9.97 Å². The van der Waals surface area contributed by atoms with Crippen molar-refractivity contribution in [2.45, 2.75) is 32.2 Å². The molecule has 0 radical (unpaired) electrons. The van der Waals surface area contributed by atoms with Gasteiger partial charge in [0.15, 0.2) is 0 Å². The molecule has 3 nitrogen and oxygen atoms in total. The summed E-state index contributed by atoms with van der Waals surface area (Å²) in [6, 6.07) is 10.5. The topological polar surface area (TPSA) is 51.8 Å². The van der Waals surface area contributed by atoms with Gasteiger partial charge in [0.25, 0.3) is 0 Å². The van der Waals surface area contributed by atoms with Crippen molar-refractivity contribution >= 4 is 22.2 Å². The van der Waals surface area contributed by atoms with Crippen LogP contribution in [0.2, 0.25) is 0 Å². The van der Waals surface area contributed by atoms with Crippen LogP contribution in [-0.2, 0) is 6.42 Å². The van der Waals surface area contributed by atoms with Crippen LogP contribution < -0.4 is 5.73 Å². The number of benzene rings is 1. The van der Waals surface area contributed by atoms with Gasteiger partial charge < -0.3 is 5.73 Å². The highest BCUT2D eigenvalue weighted by Crippen LogP contribution is 2.38. The van der Waals surface area contributed by atoms with E-state index in [-0.39, 0.29) is 6.04 Å². The van der Waals surface area contributed by atoms with E-state index in [2.05, 4.69) is 29.2 Å². The number of aryl methyl sites for hydroxylation is 2. The highest BCUT2D eigenvalue weighted by atomic mass is 32.1. The van der Waals surface area contributed by atoms with Gasteiger partial charge in [-0.2, -0.15) is 0 Å². The van der Waals surface area contributed by atoms with Crippen molar-refractivity contribution in [3.05, 3.63) is 46.6 Å². The highest BCUT2D eigenvalue weighted by Gasteiger charge is 2.23. The second-order valence-electron chi connectivity index (χ2n) is 5.65. The molecule has 106 valence electrons. The fraction of sp³-hybridized carbons (Fsp3) is 0.294. The van der Waals surface area contributed by atoms with Crippen molar-refractivity contribution in [3.8, 4) is 10.6 Å². The Labute approximate surface area is 127 Å². The molecule has 2 N–H and O–H groups in total. The van der Waals surface area contributed by atoms with Gasteiger partial charge in [-0.05, 0) is 38.3 Å². The quantitative estimate of drug-likeness (QED) is 0.738. The summed E-state index contributed by atoms with van der Waals surface area (Å²) in [5.74, 6) is 0. The molecule has 4 heteroatoms. The van der Waals surface area contributed by atoms with Gasteiger partial charge in [-0.3, -0.25) is 4.98 Å². The van der Waals surface area contributed by atoms with Crippen molar-refractivity contribution in [1.29, 1.82) is 0 Å². The Hall–Kier alpha value is -1.78. The Balaban J connectivity index is 1.94. The fourth-order valence-electron chi connectivity index (χ4n) is 3.05. The predicted octanol–water partition coefficient (Wildman–Crippen LogP) is 4.00. The Morgan fingerprint density at radius 1 is 1.24 bits per heavy atom. The van der Waals surface area contributed by atoms with Crippen LogP contribution in [0.1, 0.15) is 35.1 Å². The SMILES string of the molecule is Cc1cc(-c2nc3c(s2)CCCC3N)c2ccccc2n1. The first-order valence-electron chi connectivity index (χ1n) is 7.34. The Bertz CT molecular complexity index is 822. The molecule has 1 aliphatic rings. The summed E-state index contributed by atoms with van der Waals surface area (Å²) >= 11 is 1.80. The van der Waals surface area contributed by atoms with Crippen LogP contribution >= 0.6 is 11.3 Å². The van der Waals surface area contributed by atoms with E-state index in [4.69, 9.17) is 10.7 Å². The smallest absolute Gasteiger partial charge is 0.124 e. The third-order valence-electron chi connectivity index (χ3n) is 4.07. The highest BCUT2D eigenvalue weighted by molar-refractivity contribution is 7.15. The van der Waals surface area contributed by atoms with Crippen LogP contribution in [-0.4, -0.2) is 9.97 Å². The molecule has 2 aromatic heterocycles. The van der Waals surface area contributed by atoms with Crippen LogP contribution in [0.25, 0.3) is 21.5 Å². The van der Waals surface area contributed by atoms with E-state index in [1.54, 1.807) is 11.3 Å². The predicted molar refractivity (Wildman–Crippen MR) is 87.5 cm³/mol. The molecule has 4 rings (SSSR count). The molecule has 0 saturated carbocycles. The summed E-state index contributed by atoms with van der Waals surface area (Å²) in [7, 11) is 0. The molecule has 1 atom stereocenters. The van der Waals surface area contributed by atoms with Gasteiger partial charge in [-0.25, -0.2) is 4.98 Å². The van der Waals surface area contributed by atoms with Crippen LogP contribution in [0.15, 0.2) is 30.3 Å². The number of hydrogen-bond acceptors (Lipinski definition) is 4. The monoisotopic (exact) mass is 295 g/mol. The number of nitrogens with zero attached hydrogens (tertiary/aromatic N) is 2. The fourth-order valence-corrected chi connectivity index (χ4v) is 4.26. The van der Waals surface area contributed by atoms with Gasteiger partial charge in [-0.1, -0.05) is 18.2 Å². The van der Waals surface area contributed by atoms with E-state index in [9.17, 15) is 0 Å². The van der Waals surface area contributed by atoms with Gasteiger partial charge >= 0.3 is 0 Å². The number of nitrogens with two attached hydrogens (primary N) is 1. The average molecular weight is 295 g/mol. The standard InChI is InChI=1S/C17H17N3S/c1-10-9-12(11-5-2-3-7-14(11)19-10)17-20-16-13(18)6-4-8-15(16)21-17/h2-3,5,7,9,13H,4,6,8,18H2,1H3. The molecule has 0 spiro atoms. The van der Waals surface area contributed by atoms with E-state index < -0.39 is 0 Å². The van der Waals surface area contributed by atoms with Gasteiger partial charge in [0.2, 0.25) is 0 Å². The minimum Gasteiger partial charge on any atom is -0.323 e. The lowest BCUT2D eigenvalue weighted by molar-refractivity contribution is 0.564. The lowest BCUT2D eigenvalue weighted by Gasteiger charge is -2.15. The first-order chi connectivity index (χ1) is 10.2. The molecule has 3 aromatic rings. The molecule has 0 fully saturated rings. The van der Waals surface area contributed by atoms with Gasteiger partial charge in [0, 0.05) is 27.6 Å². The maximum absolute atomic E-state index is 6.21. The molecular weight excluding hydrogens is 278 g/mol. The van der Waals surface area contributed by atoms with E-state index >= 15 is 0 Å². The molecule has 1 aliphatic carbocycles. The Kier molecular flexibility index (Phi) is 3.01. The third kappa shape index (κ3) is 2.15. The summed E-state index contributed by atoms with van der Waals surface area (Å²) in [5, 5.41) is 2.25. The normalized spacial score (nSPS) is 17.9. The van der Waals surface area contributed by atoms with Crippen LogP contribution in [0.3, 0.4) is 0 Å². The Morgan fingerprint density at radius 3 is 2.95 bits per heavy atom. The molecule has 1 aromatic carbocycles. The molecular formula is C17H17N3S. The van der Waals surface area contributed by atoms with Crippen molar-refractivity contribution in [3.63, 3.8) is 0 Å². The lowest BCUT2D eigenvalue weighted by atomic mass is 9.98. The van der Waals surface area contributed by atoms with Crippen molar-refractivity contribution in [2.75, 3.05) is 0 Å². The largest absolute Gasteiger partial charge is 0.323 e. The second kappa shape index (κ2) is 4.90. The molecule has 2 heterocycles. The maximum atomic E-state index is 6.21. The van der Waals surface area contributed by atoms with Crippen LogP contribution in [0, 0.1) is 6.92 Å². The first-order valence-corrected chi connectivity index (χ1v) is 8.16. The van der Waals surface area contributed by atoms with Gasteiger partial charge in [0.05, 0.1) is 11.2 Å². The number of rotatable bonds is 1. The molecule has 21 heavy (non-hydrogen) atoms. The van der Waals surface area contributed by atoms with E-state index in [1.807, 2.05) is 13.0 Å². The number of fused-ring (bicyclic) bond motifs is 2. The Morgan fingerprint density at radius 2 is 2.10 bits per heavy atom. The summed E-state index contributed by atoms with van der Waals surface area (Å²) in [6.07, 6.45) is 3.33. The number of pyridine rings is 1. The van der Waals surface area contributed by atoms with E-state index in [0.29, 0.717) is 0 Å². The van der Waals surface area contributed by atoms with Gasteiger partial charge in [-0.15, -0.1) is 11.3 Å². The summed E-state index contributed by atoms with van der Waals surface area (Å²) in [5.41, 5.74) is 10.6. The van der Waals surface area contributed by atoms with Crippen molar-refractivity contribution in [2.24, 2.45) is 5.73 Å². The number of thiazole rings is 1. The number of hydrogen-bond donors (Lipinski definition) is 1. The van der Waals surface area contributed by atoms with E-state index in [0.717, 1.165) is 34.8 Å².